The van der Waals surface area contributed by atoms with Gasteiger partial charge in [0.1, 0.15) is 5.69 Å². The van der Waals surface area contributed by atoms with E-state index in [0.29, 0.717) is 12.3 Å². The summed E-state index contributed by atoms with van der Waals surface area (Å²) in [6, 6.07) is 0.836. The molecule has 0 fully saturated rings. The third kappa shape index (κ3) is 4.56. The Labute approximate surface area is 124 Å². The van der Waals surface area contributed by atoms with Gasteiger partial charge >= 0.3 is 0 Å². The van der Waals surface area contributed by atoms with Crippen LogP contribution in [0.3, 0.4) is 0 Å². The Bertz CT molecular complexity index is 508. The molecule has 0 spiro atoms. The summed E-state index contributed by atoms with van der Waals surface area (Å²) in [5.41, 5.74) is 0.122. The number of nitro groups is 1. The van der Waals surface area contributed by atoms with Crippen LogP contribution in [0.25, 0.3) is 0 Å². The van der Waals surface area contributed by atoms with E-state index in [0.717, 1.165) is 0 Å². The molecule has 0 aliphatic carbocycles. The van der Waals surface area contributed by atoms with Crippen molar-refractivity contribution in [3.63, 3.8) is 0 Å². The number of aliphatic hydroxyl groups is 1. The van der Waals surface area contributed by atoms with Crippen LogP contribution < -0.4 is 5.32 Å². The zero-order chi connectivity index (χ0) is 16.2. The SMILES string of the molecule is CC(C)CC(CO)NC(=O)c1cc([N+](=O)[O-])cn1C(C)C. The van der Waals surface area contributed by atoms with Gasteiger partial charge in [0.2, 0.25) is 0 Å². The van der Waals surface area contributed by atoms with Crippen molar-refractivity contribution in [2.45, 2.75) is 46.2 Å². The van der Waals surface area contributed by atoms with E-state index in [2.05, 4.69) is 5.32 Å². The van der Waals surface area contributed by atoms with Crippen molar-refractivity contribution in [3.05, 3.63) is 28.1 Å². The maximum absolute atomic E-state index is 12.3. The molecule has 1 atom stereocenters. The van der Waals surface area contributed by atoms with Crippen molar-refractivity contribution in [1.29, 1.82) is 0 Å². The van der Waals surface area contributed by atoms with E-state index in [9.17, 15) is 20.0 Å². The molecule has 1 aromatic rings. The highest BCUT2D eigenvalue weighted by molar-refractivity contribution is 5.93. The molecule has 0 aliphatic heterocycles. The lowest BCUT2D eigenvalue weighted by molar-refractivity contribution is -0.384. The third-order valence-electron chi connectivity index (χ3n) is 3.15. The summed E-state index contributed by atoms with van der Waals surface area (Å²) in [6.07, 6.45) is 2.00. The minimum atomic E-state index is -0.521. The molecule has 0 bridgehead atoms. The van der Waals surface area contributed by atoms with E-state index >= 15 is 0 Å². The van der Waals surface area contributed by atoms with Gasteiger partial charge in [-0.3, -0.25) is 14.9 Å². The summed E-state index contributed by atoms with van der Waals surface area (Å²) in [6.45, 7) is 7.53. The number of nitrogens with one attached hydrogen (secondary N) is 1. The summed E-state index contributed by atoms with van der Waals surface area (Å²) < 4.78 is 1.57. The lowest BCUT2D eigenvalue weighted by Crippen LogP contribution is -2.39. The van der Waals surface area contributed by atoms with Crippen molar-refractivity contribution in [2.75, 3.05) is 6.61 Å². The van der Waals surface area contributed by atoms with Gasteiger partial charge in [-0.1, -0.05) is 13.8 Å². The number of rotatable bonds is 7. The predicted molar refractivity (Wildman–Crippen MR) is 79.3 cm³/mol. The first-order valence-electron chi connectivity index (χ1n) is 7.04. The fourth-order valence-corrected chi connectivity index (χ4v) is 2.18. The largest absolute Gasteiger partial charge is 0.394 e. The zero-order valence-electron chi connectivity index (χ0n) is 12.9. The molecule has 1 amide bonds. The number of hydrogen-bond acceptors (Lipinski definition) is 4. The molecular formula is C14H23N3O4. The second kappa shape index (κ2) is 7.21. The minimum Gasteiger partial charge on any atom is -0.394 e. The molecule has 0 saturated carbocycles. The van der Waals surface area contributed by atoms with E-state index < -0.39 is 10.8 Å². The molecule has 0 aromatic carbocycles. The Morgan fingerprint density at radius 2 is 2.05 bits per heavy atom. The summed E-state index contributed by atoms with van der Waals surface area (Å²) in [7, 11) is 0. The molecule has 1 aromatic heterocycles. The average Bonchev–Trinajstić information content (AvgIpc) is 2.82. The molecule has 0 saturated heterocycles. The van der Waals surface area contributed by atoms with Crippen LogP contribution in [0.4, 0.5) is 5.69 Å². The summed E-state index contributed by atoms with van der Waals surface area (Å²) >= 11 is 0. The fourth-order valence-electron chi connectivity index (χ4n) is 2.18. The molecule has 1 rings (SSSR count). The van der Waals surface area contributed by atoms with Crippen molar-refractivity contribution < 1.29 is 14.8 Å². The second-order valence-corrected chi connectivity index (χ2v) is 5.82. The van der Waals surface area contributed by atoms with Crippen LogP contribution in [0.1, 0.15) is 50.6 Å². The van der Waals surface area contributed by atoms with Crippen LogP contribution in [0.5, 0.6) is 0 Å². The number of nitrogens with zero attached hydrogens (tertiary/aromatic N) is 2. The molecule has 0 aliphatic rings. The molecule has 2 N–H and O–H groups in total. The van der Waals surface area contributed by atoms with Gasteiger partial charge < -0.3 is 15.0 Å². The normalized spacial score (nSPS) is 12.7. The lowest BCUT2D eigenvalue weighted by Gasteiger charge is -2.19. The Morgan fingerprint density at radius 1 is 1.43 bits per heavy atom. The number of amides is 1. The van der Waals surface area contributed by atoms with E-state index in [1.165, 1.54) is 12.3 Å². The van der Waals surface area contributed by atoms with Gasteiger partial charge in [0.15, 0.2) is 0 Å². The first-order chi connectivity index (χ1) is 9.76. The second-order valence-electron chi connectivity index (χ2n) is 5.82. The van der Waals surface area contributed by atoms with Crippen molar-refractivity contribution in [1.82, 2.24) is 9.88 Å². The van der Waals surface area contributed by atoms with Gasteiger partial charge in [0.05, 0.1) is 23.8 Å². The topological polar surface area (TPSA) is 97.4 Å². The van der Waals surface area contributed by atoms with Gasteiger partial charge in [-0.2, -0.15) is 0 Å². The highest BCUT2D eigenvalue weighted by atomic mass is 16.6. The number of aromatic nitrogens is 1. The Morgan fingerprint density at radius 3 is 2.48 bits per heavy atom. The lowest BCUT2D eigenvalue weighted by atomic mass is 10.0. The van der Waals surface area contributed by atoms with Crippen LogP contribution in [0.2, 0.25) is 0 Å². The Hall–Kier alpha value is -1.89. The van der Waals surface area contributed by atoms with E-state index in [4.69, 9.17) is 0 Å². The maximum Gasteiger partial charge on any atom is 0.287 e. The van der Waals surface area contributed by atoms with Crippen molar-refractivity contribution in [3.8, 4) is 0 Å². The van der Waals surface area contributed by atoms with Gasteiger partial charge in [-0.15, -0.1) is 0 Å². The van der Waals surface area contributed by atoms with Gasteiger partial charge in [-0.05, 0) is 26.2 Å². The Balaban J connectivity index is 2.97. The zero-order valence-corrected chi connectivity index (χ0v) is 12.9. The van der Waals surface area contributed by atoms with E-state index in [1.807, 2.05) is 27.7 Å². The molecule has 1 unspecified atom stereocenters. The van der Waals surface area contributed by atoms with Crippen LogP contribution in [-0.2, 0) is 0 Å². The van der Waals surface area contributed by atoms with Crippen molar-refractivity contribution >= 4 is 11.6 Å². The molecular weight excluding hydrogens is 274 g/mol. The van der Waals surface area contributed by atoms with Crippen LogP contribution in [-0.4, -0.2) is 33.2 Å². The third-order valence-corrected chi connectivity index (χ3v) is 3.15. The molecule has 118 valence electrons. The summed E-state index contributed by atoms with van der Waals surface area (Å²) in [5, 5.41) is 22.9. The highest BCUT2D eigenvalue weighted by Gasteiger charge is 2.22. The predicted octanol–water partition coefficient (Wildman–Crippen LogP) is 2.11. The van der Waals surface area contributed by atoms with Gasteiger partial charge in [0, 0.05) is 12.1 Å². The quantitative estimate of drug-likeness (QED) is 0.595. The number of carbonyl (C=O) groups is 1. The molecule has 21 heavy (non-hydrogen) atoms. The van der Waals surface area contributed by atoms with E-state index in [1.54, 1.807) is 4.57 Å². The summed E-state index contributed by atoms with van der Waals surface area (Å²) in [4.78, 5) is 22.6. The molecule has 0 radical (unpaired) electrons. The number of hydrogen-bond donors (Lipinski definition) is 2. The molecule has 7 nitrogen and oxygen atoms in total. The molecule has 1 heterocycles. The highest BCUT2D eigenvalue weighted by Crippen LogP contribution is 2.21. The maximum atomic E-state index is 12.3. The van der Waals surface area contributed by atoms with Gasteiger partial charge in [0.25, 0.3) is 11.6 Å². The first kappa shape index (κ1) is 17.2. The van der Waals surface area contributed by atoms with Crippen LogP contribution >= 0.6 is 0 Å². The number of carbonyl (C=O) groups excluding carboxylic acids is 1. The average molecular weight is 297 g/mol. The van der Waals surface area contributed by atoms with Crippen LogP contribution in [0.15, 0.2) is 12.3 Å². The standard InChI is InChI=1S/C14H23N3O4/c1-9(2)5-11(8-18)15-14(19)13-6-12(17(20)21)7-16(13)10(3)4/h6-7,9-11,18H,5,8H2,1-4H3,(H,15,19). The van der Waals surface area contributed by atoms with Crippen molar-refractivity contribution in [2.24, 2.45) is 5.92 Å². The van der Waals surface area contributed by atoms with Gasteiger partial charge in [-0.25, -0.2) is 0 Å². The van der Waals surface area contributed by atoms with Crippen LogP contribution in [0, 0.1) is 16.0 Å². The fraction of sp³-hybridized carbons (Fsp3) is 0.643. The summed E-state index contributed by atoms with van der Waals surface area (Å²) in [5.74, 6) is -0.0785. The van der Waals surface area contributed by atoms with E-state index in [-0.39, 0.29) is 30.1 Å². The number of aliphatic hydroxyl groups excluding tert-OH is 1. The monoisotopic (exact) mass is 297 g/mol. The smallest absolute Gasteiger partial charge is 0.287 e. The Kier molecular flexibility index (Phi) is 5.90. The molecule has 7 heteroatoms. The minimum absolute atomic E-state index is 0.0721. The first-order valence-corrected chi connectivity index (χ1v) is 7.04.